The Labute approximate surface area is 100 Å². The minimum absolute atomic E-state index is 0.00123. The molecule has 0 aliphatic carbocycles. The van der Waals surface area contributed by atoms with E-state index in [0.29, 0.717) is 13.2 Å². The van der Waals surface area contributed by atoms with Crippen molar-refractivity contribution in [2.24, 2.45) is 0 Å². The lowest BCUT2D eigenvalue weighted by Gasteiger charge is -2.14. The van der Waals surface area contributed by atoms with E-state index in [2.05, 4.69) is 6.92 Å². The summed E-state index contributed by atoms with van der Waals surface area (Å²) in [6.07, 6.45) is 8.65. The second-order valence-corrected chi connectivity index (χ2v) is 4.22. The van der Waals surface area contributed by atoms with Crippen molar-refractivity contribution >= 4 is 0 Å². The number of rotatable bonds is 12. The largest absolute Gasteiger partial charge is 0.394 e. The summed E-state index contributed by atoms with van der Waals surface area (Å²) in [4.78, 5) is 0. The second kappa shape index (κ2) is 12.9. The third-order valence-corrected chi connectivity index (χ3v) is 2.72. The third-order valence-electron chi connectivity index (χ3n) is 2.72. The van der Waals surface area contributed by atoms with Crippen molar-refractivity contribution in [1.82, 2.24) is 0 Å². The quantitative estimate of drug-likeness (QED) is 0.526. The highest BCUT2D eigenvalue weighted by molar-refractivity contribution is 4.56. The lowest BCUT2D eigenvalue weighted by molar-refractivity contribution is -0.0157. The molecule has 0 spiro atoms. The molecule has 3 nitrogen and oxygen atoms in total. The van der Waals surface area contributed by atoms with Crippen LogP contribution < -0.4 is 0 Å². The van der Waals surface area contributed by atoms with Gasteiger partial charge < -0.3 is 14.6 Å². The van der Waals surface area contributed by atoms with Gasteiger partial charge in [-0.1, -0.05) is 45.4 Å². The van der Waals surface area contributed by atoms with Gasteiger partial charge in [0.15, 0.2) is 0 Å². The van der Waals surface area contributed by atoms with Crippen LogP contribution in [-0.2, 0) is 9.47 Å². The summed E-state index contributed by atoms with van der Waals surface area (Å²) in [6, 6.07) is 0. The van der Waals surface area contributed by atoms with Crippen LogP contribution in [0.3, 0.4) is 0 Å². The summed E-state index contributed by atoms with van der Waals surface area (Å²) in [5, 5.41) is 9.10. The van der Waals surface area contributed by atoms with Crippen LogP contribution in [0.2, 0.25) is 0 Å². The maximum absolute atomic E-state index is 9.10. The second-order valence-electron chi connectivity index (χ2n) is 4.22. The van der Waals surface area contributed by atoms with Crippen LogP contribution in [-0.4, -0.2) is 38.1 Å². The Morgan fingerprint density at radius 1 is 1.00 bits per heavy atom. The number of hydrogen-bond acceptors (Lipinski definition) is 3. The van der Waals surface area contributed by atoms with Gasteiger partial charge in [-0.2, -0.15) is 0 Å². The first-order valence-electron chi connectivity index (χ1n) is 6.56. The van der Waals surface area contributed by atoms with Gasteiger partial charge in [-0.15, -0.1) is 0 Å². The zero-order valence-electron chi connectivity index (χ0n) is 10.9. The van der Waals surface area contributed by atoms with Crippen molar-refractivity contribution in [3.8, 4) is 0 Å². The lowest BCUT2D eigenvalue weighted by Crippen LogP contribution is -2.19. The first kappa shape index (κ1) is 15.9. The number of methoxy groups -OCH3 is 1. The third kappa shape index (κ3) is 10.4. The van der Waals surface area contributed by atoms with Crippen molar-refractivity contribution in [2.75, 3.05) is 26.9 Å². The van der Waals surface area contributed by atoms with E-state index in [1.54, 1.807) is 7.11 Å². The van der Waals surface area contributed by atoms with E-state index in [1.165, 1.54) is 32.1 Å². The van der Waals surface area contributed by atoms with E-state index >= 15 is 0 Å². The molecule has 1 atom stereocenters. The highest BCUT2D eigenvalue weighted by Crippen LogP contribution is 2.10. The average molecular weight is 232 g/mol. The highest BCUT2D eigenvalue weighted by atomic mass is 16.5. The normalized spacial score (nSPS) is 12.9. The molecule has 0 heterocycles. The topological polar surface area (TPSA) is 38.7 Å². The molecule has 1 N–H and O–H groups in total. The fraction of sp³-hybridized carbons (Fsp3) is 1.00. The molecule has 16 heavy (non-hydrogen) atoms. The number of hydrogen-bond donors (Lipinski definition) is 1. The average Bonchev–Trinajstić information content (AvgIpc) is 2.31. The molecule has 3 heteroatoms. The van der Waals surface area contributed by atoms with Gasteiger partial charge in [0.25, 0.3) is 0 Å². The molecule has 0 amide bonds. The van der Waals surface area contributed by atoms with E-state index in [1.807, 2.05) is 0 Å². The van der Waals surface area contributed by atoms with Crippen LogP contribution in [0, 0.1) is 0 Å². The van der Waals surface area contributed by atoms with Gasteiger partial charge in [0.05, 0.1) is 25.9 Å². The first-order chi connectivity index (χ1) is 7.85. The standard InChI is InChI=1S/C13H28O3/c1-3-4-5-6-7-8-9-13(12-14)16-11-10-15-2/h13-14H,3-12H2,1-2H3. The van der Waals surface area contributed by atoms with Gasteiger partial charge in [-0.25, -0.2) is 0 Å². The lowest BCUT2D eigenvalue weighted by atomic mass is 10.1. The van der Waals surface area contributed by atoms with E-state index < -0.39 is 0 Å². The SMILES string of the molecule is CCCCCCCCC(CO)OCCOC. The number of aliphatic hydroxyl groups is 1. The number of ether oxygens (including phenoxy) is 2. The van der Waals surface area contributed by atoms with E-state index in [0.717, 1.165) is 12.8 Å². The molecule has 0 aromatic carbocycles. The van der Waals surface area contributed by atoms with Gasteiger partial charge in [0.1, 0.15) is 0 Å². The van der Waals surface area contributed by atoms with Gasteiger partial charge in [-0.05, 0) is 6.42 Å². The van der Waals surface area contributed by atoms with Gasteiger partial charge in [-0.3, -0.25) is 0 Å². The molecule has 98 valence electrons. The van der Waals surface area contributed by atoms with Crippen molar-refractivity contribution in [3.05, 3.63) is 0 Å². The fourth-order valence-corrected chi connectivity index (χ4v) is 1.68. The molecular weight excluding hydrogens is 204 g/mol. The van der Waals surface area contributed by atoms with E-state index in [9.17, 15) is 0 Å². The number of aliphatic hydroxyl groups excluding tert-OH is 1. The summed E-state index contributed by atoms with van der Waals surface area (Å²) in [5.74, 6) is 0. The zero-order valence-corrected chi connectivity index (χ0v) is 10.9. The molecule has 0 aromatic heterocycles. The van der Waals surface area contributed by atoms with Crippen molar-refractivity contribution in [1.29, 1.82) is 0 Å². The molecule has 0 aromatic rings. The Morgan fingerprint density at radius 3 is 2.31 bits per heavy atom. The predicted molar refractivity (Wildman–Crippen MR) is 66.7 cm³/mol. The van der Waals surface area contributed by atoms with Gasteiger partial charge >= 0.3 is 0 Å². The summed E-state index contributed by atoms with van der Waals surface area (Å²) in [7, 11) is 1.66. The fourth-order valence-electron chi connectivity index (χ4n) is 1.68. The minimum atomic E-state index is 0.00123. The molecule has 0 aliphatic rings. The van der Waals surface area contributed by atoms with Gasteiger partial charge in [0.2, 0.25) is 0 Å². The van der Waals surface area contributed by atoms with Crippen LogP contribution in [0.5, 0.6) is 0 Å². The van der Waals surface area contributed by atoms with Crippen molar-refractivity contribution in [2.45, 2.75) is 58.0 Å². The Balaban J connectivity index is 3.26. The van der Waals surface area contributed by atoms with Crippen LogP contribution in [0.1, 0.15) is 51.9 Å². The van der Waals surface area contributed by atoms with Crippen molar-refractivity contribution < 1.29 is 14.6 Å². The van der Waals surface area contributed by atoms with Crippen LogP contribution in [0.4, 0.5) is 0 Å². The molecule has 0 saturated carbocycles. The van der Waals surface area contributed by atoms with Crippen LogP contribution in [0.15, 0.2) is 0 Å². The first-order valence-corrected chi connectivity index (χ1v) is 6.56. The van der Waals surface area contributed by atoms with Gasteiger partial charge in [0, 0.05) is 7.11 Å². The maximum Gasteiger partial charge on any atom is 0.0806 e. The van der Waals surface area contributed by atoms with E-state index in [4.69, 9.17) is 14.6 Å². The molecule has 0 rings (SSSR count). The molecule has 0 fully saturated rings. The molecule has 0 bridgehead atoms. The molecule has 0 radical (unpaired) electrons. The van der Waals surface area contributed by atoms with Crippen LogP contribution in [0.25, 0.3) is 0 Å². The molecule has 0 aliphatic heterocycles. The summed E-state index contributed by atoms with van der Waals surface area (Å²) < 4.78 is 10.4. The van der Waals surface area contributed by atoms with Crippen LogP contribution >= 0.6 is 0 Å². The van der Waals surface area contributed by atoms with Crippen molar-refractivity contribution in [3.63, 3.8) is 0 Å². The molecule has 0 saturated heterocycles. The zero-order chi connectivity index (χ0) is 12.1. The smallest absolute Gasteiger partial charge is 0.0806 e. The Morgan fingerprint density at radius 2 is 1.69 bits per heavy atom. The van der Waals surface area contributed by atoms with E-state index in [-0.39, 0.29) is 12.7 Å². The Kier molecular flexibility index (Phi) is 12.9. The monoisotopic (exact) mass is 232 g/mol. The predicted octanol–water partition coefficient (Wildman–Crippen LogP) is 2.76. The molecular formula is C13H28O3. The number of unbranched alkanes of at least 4 members (excludes halogenated alkanes) is 5. The Bertz CT molecular complexity index is 128. The summed E-state index contributed by atoms with van der Waals surface area (Å²) >= 11 is 0. The maximum atomic E-state index is 9.10. The summed E-state index contributed by atoms with van der Waals surface area (Å²) in [5.41, 5.74) is 0. The molecule has 1 unspecified atom stereocenters. The minimum Gasteiger partial charge on any atom is -0.394 e. The summed E-state index contributed by atoms with van der Waals surface area (Å²) in [6.45, 7) is 3.54. The highest BCUT2D eigenvalue weighted by Gasteiger charge is 2.06. The Hall–Kier alpha value is -0.120.